The Kier molecular flexibility index (Phi) is 3.73. The lowest BCUT2D eigenvalue weighted by molar-refractivity contribution is 0.235. The van der Waals surface area contributed by atoms with Gasteiger partial charge in [0.25, 0.3) is 0 Å². The molecule has 0 unspecified atom stereocenters. The zero-order chi connectivity index (χ0) is 9.52. The summed E-state index contributed by atoms with van der Waals surface area (Å²) in [6.45, 7) is 4.03. The first-order chi connectivity index (χ1) is 6.38. The van der Waals surface area contributed by atoms with Gasteiger partial charge in [0.1, 0.15) is 0 Å². The van der Waals surface area contributed by atoms with Gasteiger partial charge in [0.05, 0.1) is 6.54 Å². The molecule has 13 heavy (non-hydrogen) atoms. The fraction of sp³-hybridized carbons (Fsp3) is 0.100. The third-order valence-electron chi connectivity index (χ3n) is 1.53. The van der Waals surface area contributed by atoms with Crippen LogP contribution in [0.5, 0.6) is 0 Å². The van der Waals surface area contributed by atoms with Crippen molar-refractivity contribution in [1.82, 2.24) is 5.48 Å². The van der Waals surface area contributed by atoms with Crippen LogP contribution in [0.1, 0.15) is 5.56 Å². The minimum absolute atomic E-state index is 0.459. The van der Waals surface area contributed by atoms with Crippen molar-refractivity contribution in [3.63, 3.8) is 0 Å². The Morgan fingerprint density at radius 3 is 2.69 bits per heavy atom. The van der Waals surface area contributed by atoms with Crippen LogP contribution in [0, 0.1) is 0 Å². The van der Waals surface area contributed by atoms with Crippen molar-refractivity contribution < 1.29 is 5.21 Å². The highest BCUT2D eigenvalue weighted by molar-refractivity contribution is 5.97. The van der Waals surface area contributed by atoms with Crippen molar-refractivity contribution >= 4 is 5.84 Å². The van der Waals surface area contributed by atoms with Crippen LogP contribution in [0.2, 0.25) is 0 Å². The minimum atomic E-state index is 0.459. The van der Waals surface area contributed by atoms with Gasteiger partial charge in [0.2, 0.25) is 0 Å². The average Bonchev–Trinajstić information content (AvgIpc) is 2.21. The maximum atomic E-state index is 8.79. The second kappa shape index (κ2) is 5.11. The number of nitrogens with zero attached hydrogens (tertiary/aromatic N) is 1. The van der Waals surface area contributed by atoms with Gasteiger partial charge < -0.3 is 0 Å². The number of benzene rings is 1. The zero-order valence-corrected chi connectivity index (χ0v) is 7.27. The molecule has 0 fully saturated rings. The molecule has 0 aliphatic rings. The van der Waals surface area contributed by atoms with Crippen LogP contribution in [0.25, 0.3) is 0 Å². The van der Waals surface area contributed by atoms with E-state index in [0.29, 0.717) is 12.4 Å². The summed E-state index contributed by atoms with van der Waals surface area (Å²) in [4.78, 5) is 4.07. The number of hydrogen-bond acceptors (Lipinski definition) is 2. The molecule has 2 N–H and O–H groups in total. The average molecular weight is 176 g/mol. The summed E-state index contributed by atoms with van der Waals surface area (Å²) in [6, 6.07) is 9.41. The topological polar surface area (TPSA) is 44.6 Å². The van der Waals surface area contributed by atoms with E-state index in [4.69, 9.17) is 5.21 Å². The minimum Gasteiger partial charge on any atom is -0.290 e. The molecule has 0 heterocycles. The van der Waals surface area contributed by atoms with Gasteiger partial charge in [-0.15, -0.1) is 6.58 Å². The van der Waals surface area contributed by atoms with Crippen LogP contribution in [-0.4, -0.2) is 17.6 Å². The highest BCUT2D eigenvalue weighted by Gasteiger charge is 1.98. The summed E-state index contributed by atoms with van der Waals surface area (Å²) in [6.07, 6.45) is 1.67. The van der Waals surface area contributed by atoms with E-state index in [0.717, 1.165) is 5.56 Å². The van der Waals surface area contributed by atoms with E-state index < -0.39 is 0 Å². The Morgan fingerprint density at radius 1 is 1.46 bits per heavy atom. The molecule has 0 bridgehead atoms. The molecular formula is C10H12N2O. The van der Waals surface area contributed by atoms with E-state index in [2.05, 4.69) is 17.1 Å². The molecule has 0 atom stereocenters. The highest BCUT2D eigenvalue weighted by Crippen LogP contribution is 1.98. The Labute approximate surface area is 77.4 Å². The van der Waals surface area contributed by atoms with Crippen LogP contribution in [0.3, 0.4) is 0 Å². The first kappa shape index (κ1) is 9.48. The molecule has 0 radical (unpaired) electrons. The van der Waals surface area contributed by atoms with E-state index in [9.17, 15) is 0 Å². The van der Waals surface area contributed by atoms with Crippen LogP contribution in [0.15, 0.2) is 48.0 Å². The van der Waals surface area contributed by atoms with Crippen LogP contribution in [0.4, 0.5) is 0 Å². The van der Waals surface area contributed by atoms with Crippen molar-refractivity contribution in [3.8, 4) is 0 Å². The highest BCUT2D eigenvalue weighted by atomic mass is 16.5. The van der Waals surface area contributed by atoms with Crippen LogP contribution >= 0.6 is 0 Å². The first-order valence-corrected chi connectivity index (χ1v) is 3.99. The predicted octanol–water partition coefficient (Wildman–Crippen LogP) is 1.60. The fourth-order valence-electron chi connectivity index (χ4n) is 0.943. The SMILES string of the molecule is C=CCN=C(NO)c1ccccc1. The van der Waals surface area contributed by atoms with E-state index in [1.54, 1.807) is 6.08 Å². The standard InChI is InChI=1S/C10H12N2O/c1-2-8-11-10(12-13)9-6-4-3-5-7-9/h2-7,13H,1,8H2,(H,11,12). The molecule has 0 spiro atoms. The smallest absolute Gasteiger partial charge is 0.152 e. The molecule has 0 aromatic heterocycles. The summed E-state index contributed by atoms with van der Waals surface area (Å²) in [5.74, 6) is 0.459. The van der Waals surface area contributed by atoms with Gasteiger partial charge >= 0.3 is 0 Å². The summed E-state index contributed by atoms with van der Waals surface area (Å²) >= 11 is 0. The molecule has 1 aromatic carbocycles. The van der Waals surface area contributed by atoms with E-state index in [1.165, 1.54) is 0 Å². The molecule has 3 nitrogen and oxygen atoms in total. The molecule has 1 aromatic rings. The van der Waals surface area contributed by atoms with Gasteiger partial charge in [-0.25, -0.2) is 0 Å². The maximum Gasteiger partial charge on any atom is 0.152 e. The van der Waals surface area contributed by atoms with Crippen molar-refractivity contribution in [2.75, 3.05) is 6.54 Å². The first-order valence-electron chi connectivity index (χ1n) is 3.99. The van der Waals surface area contributed by atoms with Crippen molar-refractivity contribution in [2.24, 2.45) is 4.99 Å². The molecule has 0 aliphatic heterocycles. The lowest BCUT2D eigenvalue weighted by Crippen LogP contribution is -2.20. The third-order valence-corrected chi connectivity index (χ3v) is 1.53. The summed E-state index contributed by atoms with van der Waals surface area (Å²) in [7, 11) is 0. The molecule has 68 valence electrons. The van der Waals surface area contributed by atoms with E-state index in [-0.39, 0.29) is 0 Å². The second-order valence-corrected chi connectivity index (χ2v) is 2.46. The number of hydrogen-bond donors (Lipinski definition) is 2. The molecule has 0 aliphatic carbocycles. The summed E-state index contributed by atoms with van der Waals surface area (Å²) in [5.41, 5.74) is 2.91. The lowest BCUT2D eigenvalue weighted by atomic mass is 10.2. The van der Waals surface area contributed by atoms with E-state index in [1.807, 2.05) is 30.3 Å². The number of aliphatic imine (C=N–C) groups is 1. The van der Waals surface area contributed by atoms with E-state index >= 15 is 0 Å². The molecule has 0 saturated heterocycles. The summed E-state index contributed by atoms with van der Waals surface area (Å²) in [5, 5.41) is 8.79. The normalized spacial score (nSPS) is 11.0. The van der Waals surface area contributed by atoms with Gasteiger partial charge in [-0.3, -0.25) is 15.7 Å². The van der Waals surface area contributed by atoms with Crippen molar-refractivity contribution in [1.29, 1.82) is 0 Å². The largest absolute Gasteiger partial charge is 0.290 e. The van der Waals surface area contributed by atoms with Crippen molar-refractivity contribution in [3.05, 3.63) is 48.6 Å². The number of hydroxylamine groups is 1. The lowest BCUT2D eigenvalue weighted by Gasteiger charge is -2.02. The summed E-state index contributed by atoms with van der Waals surface area (Å²) < 4.78 is 0. The molecule has 0 saturated carbocycles. The number of rotatable bonds is 3. The van der Waals surface area contributed by atoms with Gasteiger partial charge in [0, 0.05) is 5.56 Å². The molecule has 3 heteroatoms. The van der Waals surface area contributed by atoms with Gasteiger partial charge in [-0.05, 0) is 0 Å². The van der Waals surface area contributed by atoms with Crippen LogP contribution < -0.4 is 5.48 Å². The Morgan fingerprint density at radius 2 is 2.15 bits per heavy atom. The Bertz CT molecular complexity index is 293. The number of nitrogens with one attached hydrogen (secondary N) is 1. The van der Waals surface area contributed by atoms with Gasteiger partial charge in [-0.2, -0.15) is 0 Å². The van der Waals surface area contributed by atoms with Crippen LogP contribution in [-0.2, 0) is 0 Å². The van der Waals surface area contributed by atoms with Crippen molar-refractivity contribution in [2.45, 2.75) is 0 Å². The zero-order valence-electron chi connectivity index (χ0n) is 7.27. The Balaban J connectivity index is 2.84. The second-order valence-electron chi connectivity index (χ2n) is 2.46. The van der Waals surface area contributed by atoms with Gasteiger partial charge in [-0.1, -0.05) is 36.4 Å². The predicted molar refractivity (Wildman–Crippen MR) is 53.0 cm³/mol. The fourth-order valence-corrected chi connectivity index (χ4v) is 0.943. The monoisotopic (exact) mass is 176 g/mol. The van der Waals surface area contributed by atoms with Gasteiger partial charge in [0.15, 0.2) is 5.84 Å². The molecule has 1 rings (SSSR count). The number of amidine groups is 1. The molecule has 0 amide bonds. The third kappa shape index (κ3) is 2.72. The Hall–Kier alpha value is -1.61. The molecular weight excluding hydrogens is 164 g/mol. The quantitative estimate of drug-likeness (QED) is 0.318. The maximum absolute atomic E-state index is 8.79.